The van der Waals surface area contributed by atoms with Crippen LogP contribution in [0.5, 0.6) is 5.75 Å². The normalized spacial score (nSPS) is 10.0. The molecule has 2 aromatic carbocycles. The number of methoxy groups -OCH3 is 1. The minimum Gasteiger partial charge on any atom is -0.495 e. The molecular formula is C16H17BrN2O2. The molecule has 0 aliphatic carbocycles. The summed E-state index contributed by atoms with van der Waals surface area (Å²) in [5.41, 5.74) is 1.71. The second-order valence-corrected chi connectivity index (χ2v) is 5.43. The minimum atomic E-state index is -0.185. The highest BCUT2D eigenvalue weighted by Crippen LogP contribution is 2.23. The lowest BCUT2D eigenvalue weighted by Gasteiger charge is -2.19. The van der Waals surface area contributed by atoms with Gasteiger partial charge in [0.15, 0.2) is 0 Å². The van der Waals surface area contributed by atoms with Crippen LogP contribution in [0.4, 0.5) is 10.5 Å². The van der Waals surface area contributed by atoms with E-state index < -0.39 is 0 Å². The van der Waals surface area contributed by atoms with Gasteiger partial charge in [0.25, 0.3) is 0 Å². The van der Waals surface area contributed by atoms with Crippen LogP contribution in [0, 0.1) is 0 Å². The number of hydrogen-bond acceptors (Lipinski definition) is 2. The number of halogens is 1. The van der Waals surface area contributed by atoms with Crippen LogP contribution in [0.25, 0.3) is 0 Å². The molecule has 0 heterocycles. The summed E-state index contributed by atoms with van der Waals surface area (Å²) in [5.74, 6) is 0.639. The third-order valence-electron chi connectivity index (χ3n) is 3.06. The number of amides is 2. The zero-order valence-corrected chi connectivity index (χ0v) is 13.6. The number of carbonyl (C=O) groups is 1. The molecule has 0 aromatic heterocycles. The lowest BCUT2D eigenvalue weighted by atomic mass is 10.2. The van der Waals surface area contributed by atoms with Gasteiger partial charge in [0.2, 0.25) is 0 Å². The third kappa shape index (κ3) is 3.98. The number of carbonyl (C=O) groups excluding carboxylic acids is 1. The van der Waals surface area contributed by atoms with Gasteiger partial charge in [-0.15, -0.1) is 0 Å². The molecule has 0 unspecified atom stereocenters. The average molecular weight is 349 g/mol. The van der Waals surface area contributed by atoms with Gasteiger partial charge in [-0.1, -0.05) is 46.3 Å². The standard InChI is InChI=1S/C16H17BrN2O2/c1-19(11-12-7-3-4-8-13(12)17)16(20)18-14-9-5-6-10-15(14)21-2/h3-10H,11H2,1-2H3,(H,18,20). The van der Waals surface area contributed by atoms with E-state index in [1.54, 1.807) is 19.1 Å². The van der Waals surface area contributed by atoms with E-state index in [0.29, 0.717) is 18.0 Å². The predicted molar refractivity (Wildman–Crippen MR) is 87.6 cm³/mol. The average Bonchev–Trinajstić information content (AvgIpc) is 2.50. The van der Waals surface area contributed by atoms with Crippen LogP contribution >= 0.6 is 15.9 Å². The van der Waals surface area contributed by atoms with E-state index in [0.717, 1.165) is 10.0 Å². The van der Waals surface area contributed by atoms with Crippen LogP contribution in [0.15, 0.2) is 53.0 Å². The van der Waals surface area contributed by atoms with Gasteiger partial charge in [-0.2, -0.15) is 0 Å². The van der Waals surface area contributed by atoms with Gasteiger partial charge < -0.3 is 15.0 Å². The van der Waals surface area contributed by atoms with Gasteiger partial charge in [-0.05, 0) is 23.8 Å². The summed E-state index contributed by atoms with van der Waals surface area (Å²) in [4.78, 5) is 13.9. The maximum absolute atomic E-state index is 12.2. The highest BCUT2D eigenvalue weighted by molar-refractivity contribution is 9.10. The Bertz CT molecular complexity index is 631. The molecule has 1 N–H and O–H groups in total. The monoisotopic (exact) mass is 348 g/mol. The molecule has 0 atom stereocenters. The van der Waals surface area contributed by atoms with Crippen LogP contribution in [0.2, 0.25) is 0 Å². The number of benzene rings is 2. The fourth-order valence-corrected chi connectivity index (χ4v) is 2.32. The van der Waals surface area contributed by atoms with Crippen molar-refractivity contribution in [1.29, 1.82) is 0 Å². The zero-order chi connectivity index (χ0) is 15.2. The predicted octanol–water partition coefficient (Wildman–Crippen LogP) is 4.12. The largest absolute Gasteiger partial charge is 0.495 e. The number of para-hydroxylation sites is 2. The Balaban J connectivity index is 2.05. The molecule has 0 bridgehead atoms. The topological polar surface area (TPSA) is 41.6 Å². The molecule has 21 heavy (non-hydrogen) atoms. The zero-order valence-electron chi connectivity index (χ0n) is 12.0. The summed E-state index contributed by atoms with van der Waals surface area (Å²) < 4.78 is 6.21. The Kier molecular flexibility index (Phi) is 5.22. The molecule has 2 amide bonds. The molecule has 0 fully saturated rings. The third-order valence-corrected chi connectivity index (χ3v) is 3.83. The van der Waals surface area contributed by atoms with Crippen LogP contribution in [0.3, 0.4) is 0 Å². The maximum Gasteiger partial charge on any atom is 0.321 e. The number of nitrogens with one attached hydrogen (secondary N) is 1. The van der Waals surface area contributed by atoms with Gasteiger partial charge in [-0.25, -0.2) is 4.79 Å². The van der Waals surface area contributed by atoms with Crippen LogP contribution in [-0.2, 0) is 6.54 Å². The molecule has 2 rings (SSSR count). The highest BCUT2D eigenvalue weighted by Gasteiger charge is 2.12. The van der Waals surface area contributed by atoms with Crippen LogP contribution in [0.1, 0.15) is 5.56 Å². The van der Waals surface area contributed by atoms with Crippen molar-refractivity contribution in [2.45, 2.75) is 6.54 Å². The Labute approximate surface area is 132 Å². The Hall–Kier alpha value is -2.01. The number of anilines is 1. The summed E-state index contributed by atoms with van der Waals surface area (Å²) in [6.45, 7) is 0.516. The van der Waals surface area contributed by atoms with Gasteiger partial charge >= 0.3 is 6.03 Å². The summed E-state index contributed by atoms with van der Waals surface area (Å²) >= 11 is 3.49. The van der Waals surface area contributed by atoms with Crippen molar-refractivity contribution in [2.24, 2.45) is 0 Å². The van der Waals surface area contributed by atoms with Crippen LogP contribution < -0.4 is 10.1 Å². The van der Waals surface area contributed by atoms with E-state index in [9.17, 15) is 4.79 Å². The number of ether oxygens (including phenoxy) is 1. The number of hydrogen-bond donors (Lipinski definition) is 1. The first-order chi connectivity index (χ1) is 10.1. The Morgan fingerprint density at radius 1 is 1.19 bits per heavy atom. The van der Waals surface area contributed by atoms with Gasteiger partial charge in [0, 0.05) is 18.1 Å². The number of rotatable bonds is 4. The molecule has 0 aliphatic heterocycles. The van der Waals surface area contributed by atoms with Gasteiger partial charge in [0.1, 0.15) is 5.75 Å². The van der Waals surface area contributed by atoms with Crippen molar-refractivity contribution < 1.29 is 9.53 Å². The molecule has 0 saturated carbocycles. The lowest BCUT2D eigenvalue weighted by Crippen LogP contribution is -2.31. The molecule has 0 saturated heterocycles. The van der Waals surface area contributed by atoms with E-state index in [-0.39, 0.29) is 6.03 Å². The minimum absolute atomic E-state index is 0.185. The summed E-state index contributed by atoms with van der Waals surface area (Å²) in [7, 11) is 3.33. The fourth-order valence-electron chi connectivity index (χ4n) is 1.91. The smallest absolute Gasteiger partial charge is 0.321 e. The van der Waals surface area contributed by atoms with Gasteiger partial charge in [-0.3, -0.25) is 0 Å². The van der Waals surface area contributed by atoms with Crippen molar-refractivity contribution in [3.05, 3.63) is 58.6 Å². The quantitative estimate of drug-likeness (QED) is 0.902. The molecular weight excluding hydrogens is 332 g/mol. The highest BCUT2D eigenvalue weighted by atomic mass is 79.9. The van der Waals surface area contributed by atoms with Crippen molar-refractivity contribution in [3.8, 4) is 5.75 Å². The number of urea groups is 1. The molecule has 4 nitrogen and oxygen atoms in total. The Morgan fingerprint density at radius 3 is 2.57 bits per heavy atom. The second-order valence-electron chi connectivity index (χ2n) is 4.58. The SMILES string of the molecule is COc1ccccc1NC(=O)N(C)Cc1ccccc1Br. The molecule has 5 heteroatoms. The van der Waals surface area contributed by atoms with E-state index >= 15 is 0 Å². The van der Waals surface area contributed by atoms with Gasteiger partial charge in [0.05, 0.1) is 12.8 Å². The maximum atomic E-state index is 12.2. The van der Waals surface area contributed by atoms with Crippen molar-refractivity contribution in [2.75, 3.05) is 19.5 Å². The first-order valence-electron chi connectivity index (χ1n) is 6.50. The van der Waals surface area contributed by atoms with E-state index in [2.05, 4.69) is 21.2 Å². The molecule has 2 aromatic rings. The number of nitrogens with zero attached hydrogens (tertiary/aromatic N) is 1. The van der Waals surface area contributed by atoms with E-state index in [4.69, 9.17) is 4.74 Å². The first-order valence-corrected chi connectivity index (χ1v) is 7.29. The molecule has 0 radical (unpaired) electrons. The second kappa shape index (κ2) is 7.13. The van der Waals surface area contributed by atoms with Crippen molar-refractivity contribution in [3.63, 3.8) is 0 Å². The molecule has 0 aliphatic rings. The summed E-state index contributed by atoms with van der Waals surface area (Å²) in [5, 5.41) is 2.85. The fraction of sp³-hybridized carbons (Fsp3) is 0.188. The van der Waals surface area contributed by atoms with Crippen molar-refractivity contribution in [1.82, 2.24) is 4.90 Å². The van der Waals surface area contributed by atoms with Crippen molar-refractivity contribution >= 4 is 27.6 Å². The summed E-state index contributed by atoms with van der Waals surface area (Å²) in [6, 6.07) is 15.0. The lowest BCUT2D eigenvalue weighted by molar-refractivity contribution is 0.220. The van der Waals surface area contributed by atoms with E-state index in [1.807, 2.05) is 48.5 Å². The Morgan fingerprint density at radius 2 is 1.86 bits per heavy atom. The summed E-state index contributed by atoms with van der Waals surface area (Å²) in [6.07, 6.45) is 0. The van der Waals surface area contributed by atoms with Crippen LogP contribution in [-0.4, -0.2) is 25.1 Å². The molecule has 0 spiro atoms. The van der Waals surface area contributed by atoms with E-state index in [1.165, 1.54) is 0 Å². The molecule has 110 valence electrons. The first kappa shape index (κ1) is 15.4.